The van der Waals surface area contributed by atoms with Crippen molar-refractivity contribution in [3.05, 3.63) is 53.2 Å². The van der Waals surface area contributed by atoms with E-state index in [1.165, 1.54) is 5.56 Å². The Morgan fingerprint density at radius 1 is 1.21 bits per heavy atom. The molecule has 0 unspecified atom stereocenters. The van der Waals surface area contributed by atoms with Crippen LogP contribution in [0, 0.1) is 18.3 Å². The fraction of sp³-hybridized carbons (Fsp3) is 0.250. The second-order valence-electron chi connectivity index (χ2n) is 4.52. The summed E-state index contributed by atoms with van der Waals surface area (Å²) in [6.45, 7) is 4.06. The highest BCUT2D eigenvalue weighted by molar-refractivity contribution is 5.66. The van der Waals surface area contributed by atoms with Gasteiger partial charge in [-0.15, -0.1) is 0 Å². The van der Waals surface area contributed by atoms with Gasteiger partial charge < -0.3 is 4.90 Å². The van der Waals surface area contributed by atoms with Crippen LogP contribution >= 0.6 is 0 Å². The van der Waals surface area contributed by atoms with Crippen molar-refractivity contribution in [2.24, 2.45) is 0 Å². The van der Waals surface area contributed by atoms with Crippen molar-refractivity contribution >= 4 is 11.5 Å². The van der Waals surface area contributed by atoms with E-state index in [-0.39, 0.29) is 0 Å². The minimum absolute atomic E-state index is 0.629. The average Bonchev–Trinajstić information content (AvgIpc) is 2.46. The summed E-state index contributed by atoms with van der Waals surface area (Å²) < 4.78 is 0. The van der Waals surface area contributed by atoms with E-state index >= 15 is 0 Å². The first-order valence-electron chi connectivity index (χ1n) is 6.35. The minimum atomic E-state index is 0.629. The Hall–Kier alpha value is -2.34. The van der Waals surface area contributed by atoms with E-state index in [0.717, 1.165) is 17.7 Å². The van der Waals surface area contributed by atoms with Crippen LogP contribution in [-0.4, -0.2) is 12.0 Å². The number of anilines is 2. The summed E-state index contributed by atoms with van der Waals surface area (Å²) in [5.74, 6) is 0.701. The molecule has 1 aromatic carbocycles. The van der Waals surface area contributed by atoms with Crippen molar-refractivity contribution in [3.8, 4) is 6.07 Å². The molecule has 0 aliphatic rings. The summed E-state index contributed by atoms with van der Waals surface area (Å²) in [4.78, 5) is 6.28. The van der Waals surface area contributed by atoms with E-state index in [1.54, 1.807) is 6.20 Å². The van der Waals surface area contributed by atoms with Gasteiger partial charge in [-0.3, -0.25) is 0 Å². The van der Waals surface area contributed by atoms with Crippen LogP contribution in [0.1, 0.15) is 23.6 Å². The molecule has 2 rings (SSSR count). The largest absolute Gasteiger partial charge is 0.328 e. The molecule has 0 spiro atoms. The number of rotatable bonds is 3. The molecule has 3 nitrogen and oxygen atoms in total. The first kappa shape index (κ1) is 13.1. The summed E-state index contributed by atoms with van der Waals surface area (Å²) in [6, 6.07) is 12.4. The molecule has 0 atom stereocenters. The zero-order chi connectivity index (χ0) is 13.8. The van der Waals surface area contributed by atoms with E-state index in [2.05, 4.69) is 42.2 Å². The van der Waals surface area contributed by atoms with Gasteiger partial charge >= 0.3 is 0 Å². The minimum Gasteiger partial charge on any atom is -0.328 e. The SMILES string of the molecule is CCc1ccc(N(C)c2nccc(C)c2C#N)cc1. The highest BCUT2D eigenvalue weighted by Gasteiger charge is 2.12. The van der Waals surface area contributed by atoms with Gasteiger partial charge in [-0.25, -0.2) is 4.98 Å². The van der Waals surface area contributed by atoms with Gasteiger partial charge in [0.25, 0.3) is 0 Å². The second-order valence-corrected chi connectivity index (χ2v) is 4.52. The zero-order valence-corrected chi connectivity index (χ0v) is 11.5. The first-order chi connectivity index (χ1) is 9.17. The Labute approximate surface area is 114 Å². The highest BCUT2D eigenvalue weighted by Crippen LogP contribution is 2.26. The zero-order valence-electron chi connectivity index (χ0n) is 11.5. The molecule has 0 aliphatic heterocycles. The third-order valence-corrected chi connectivity index (χ3v) is 3.30. The Morgan fingerprint density at radius 3 is 2.47 bits per heavy atom. The van der Waals surface area contributed by atoms with Crippen LogP contribution in [0.15, 0.2) is 36.5 Å². The maximum Gasteiger partial charge on any atom is 0.150 e. The molecular formula is C16H17N3. The summed E-state index contributed by atoms with van der Waals surface area (Å²) in [6.07, 6.45) is 2.76. The standard InChI is InChI=1S/C16H17N3/c1-4-13-5-7-14(8-6-13)19(3)16-15(11-17)12(2)9-10-18-16/h5-10H,4H2,1-3H3. The molecule has 0 N–H and O–H groups in total. The Morgan fingerprint density at radius 2 is 1.89 bits per heavy atom. The number of nitrogens with zero attached hydrogens (tertiary/aromatic N) is 3. The van der Waals surface area contributed by atoms with Gasteiger partial charge in [-0.2, -0.15) is 5.26 Å². The van der Waals surface area contributed by atoms with Crippen molar-refractivity contribution in [1.82, 2.24) is 4.98 Å². The third-order valence-electron chi connectivity index (χ3n) is 3.30. The van der Waals surface area contributed by atoms with Gasteiger partial charge in [0.1, 0.15) is 6.07 Å². The van der Waals surface area contributed by atoms with Gasteiger partial charge in [0.15, 0.2) is 5.82 Å². The molecule has 96 valence electrons. The Balaban J connectivity index is 2.41. The summed E-state index contributed by atoms with van der Waals surface area (Å²) in [5.41, 5.74) is 3.91. The van der Waals surface area contributed by atoms with Gasteiger partial charge in [0.05, 0.1) is 5.56 Å². The van der Waals surface area contributed by atoms with Crippen LogP contribution < -0.4 is 4.90 Å². The van der Waals surface area contributed by atoms with Gasteiger partial charge in [-0.1, -0.05) is 19.1 Å². The monoisotopic (exact) mass is 251 g/mol. The van der Waals surface area contributed by atoms with E-state index in [0.29, 0.717) is 11.4 Å². The highest BCUT2D eigenvalue weighted by atomic mass is 15.2. The number of nitriles is 1. The van der Waals surface area contributed by atoms with Crippen molar-refractivity contribution in [1.29, 1.82) is 5.26 Å². The number of aromatic nitrogens is 1. The van der Waals surface area contributed by atoms with Gasteiger partial charge in [-0.05, 0) is 42.7 Å². The number of benzene rings is 1. The van der Waals surface area contributed by atoms with Crippen LogP contribution in [0.3, 0.4) is 0 Å². The molecule has 0 bridgehead atoms. The van der Waals surface area contributed by atoms with Crippen LogP contribution in [0.2, 0.25) is 0 Å². The van der Waals surface area contributed by atoms with Crippen LogP contribution in [0.25, 0.3) is 0 Å². The topological polar surface area (TPSA) is 39.9 Å². The molecule has 0 saturated heterocycles. The van der Waals surface area contributed by atoms with E-state index in [9.17, 15) is 5.26 Å². The van der Waals surface area contributed by atoms with Gasteiger partial charge in [0, 0.05) is 18.9 Å². The quantitative estimate of drug-likeness (QED) is 0.837. The smallest absolute Gasteiger partial charge is 0.150 e. The van der Waals surface area contributed by atoms with Crippen LogP contribution in [-0.2, 0) is 6.42 Å². The lowest BCUT2D eigenvalue weighted by atomic mass is 10.1. The molecule has 0 radical (unpaired) electrons. The van der Waals surface area contributed by atoms with Crippen LogP contribution in [0.4, 0.5) is 11.5 Å². The predicted octanol–water partition coefficient (Wildman–Crippen LogP) is 3.59. The average molecular weight is 251 g/mol. The normalized spacial score (nSPS) is 10.0. The number of hydrogen-bond acceptors (Lipinski definition) is 3. The fourth-order valence-corrected chi connectivity index (χ4v) is 2.01. The van der Waals surface area contributed by atoms with Crippen molar-refractivity contribution in [2.75, 3.05) is 11.9 Å². The molecule has 1 heterocycles. The summed E-state index contributed by atoms with van der Waals surface area (Å²) >= 11 is 0. The third kappa shape index (κ3) is 2.58. The fourth-order valence-electron chi connectivity index (χ4n) is 2.01. The molecule has 0 fully saturated rings. The lowest BCUT2D eigenvalue weighted by molar-refractivity contribution is 1.09. The number of pyridine rings is 1. The molecule has 2 aromatic rings. The van der Waals surface area contributed by atoms with Crippen molar-refractivity contribution in [3.63, 3.8) is 0 Å². The molecule has 19 heavy (non-hydrogen) atoms. The first-order valence-corrected chi connectivity index (χ1v) is 6.35. The lowest BCUT2D eigenvalue weighted by Gasteiger charge is -2.20. The van der Waals surface area contributed by atoms with Crippen LogP contribution in [0.5, 0.6) is 0 Å². The van der Waals surface area contributed by atoms with Crippen molar-refractivity contribution < 1.29 is 0 Å². The second kappa shape index (κ2) is 5.53. The summed E-state index contributed by atoms with van der Waals surface area (Å²) in [5, 5.41) is 9.26. The van der Waals surface area contributed by atoms with E-state index in [1.807, 2.05) is 24.9 Å². The number of hydrogen-bond donors (Lipinski definition) is 0. The predicted molar refractivity (Wildman–Crippen MR) is 77.6 cm³/mol. The molecule has 3 heteroatoms. The maximum atomic E-state index is 9.26. The molecule has 0 amide bonds. The molecular weight excluding hydrogens is 234 g/mol. The van der Waals surface area contributed by atoms with E-state index < -0.39 is 0 Å². The Bertz CT molecular complexity index is 609. The van der Waals surface area contributed by atoms with Gasteiger partial charge in [0.2, 0.25) is 0 Å². The molecule has 1 aromatic heterocycles. The number of aryl methyl sites for hydroxylation is 2. The summed E-state index contributed by atoms with van der Waals surface area (Å²) in [7, 11) is 1.93. The molecule has 0 saturated carbocycles. The van der Waals surface area contributed by atoms with E-state index in [4.69, 9.17) is 0 Å². The maximum absolute atomic E-state index is 9.26. The Kier molecular flexibility index (Phi) is 3.82. The van der Waals surface area contributed by atoms with Crippen molar-refractivity contribution in [2.45, 2.75) is 20.3 Å². The lowest BCUT2D eigenvalue weighted by Crippen LogP contribution is -2.13. The molecule has 0 aliphatic carbocycles.